The molecule has 0 spiro atoms. The van der Waals surface area contributed by atoms with Crippen LogP contribution in [0.3, 0.4) is 0 Å². The molecule has 4 nitrogen and oxygen atoms in total. The summed E-state index contributed by atoms with van der Waals surface area (Å²) in [6, 6.07) is 7.50. The second-order valence-electron chi connectivity index (χ2n) is 4.76. The molecule has 1 aliphatic rings. The van der Waals surface area contributed by atoms with Crippen LogP contribution in [0.25, 0.3) is 0 Å². The van der Waals surface area contributed by atoms with Gasteiger partial charge in [0.1, 0.15) is 11.6 Å². The summed E-state index contributed by atoms with van der Waals surface area (Å²) in [4.78, 5) is 23.3. The summed E-state index contributed by atoms with van der Waals surface area (Å²) in [6.45, 7) is 3.22. The van der Waals surface area contributed by atoms with Crippen molar-refractivity contribution in [1.82, 2.24) is 5.32 Å². The molecule has 1 heterocycles. The lowest BCUT2D eigenvalue weighted by atomic mass is 10.1. The van der Waals surface area contributed by atoms with Crippen LogP contribution in [-0.2, 0) is 16.0 Å². The van der Waals surface area contributed by atoms with Crippen molar-refractivity contribution in [2.45, 2.75) is 25.5 Å². The van der Waals surface area contributed by atoms with Crippen LogP contribution >= 0.6 is 23.4 Å². The quantitative estimate of drug-likeness (QED) is 0.686. The van der Waals surface area contributed by atoms with Crippen LogP contribution in [0, 0.1) is 18.3 Å². The minimum atomic E-state index is -0.360. The number of aryl methyl sites for hydroxylation is 1. The zero-order chi connectivity index (χ0) is 15.6. The highest BCUT2D eigenvalue weighted by atomic mass is 35.5. The predicted molar refractivity (Wildman–Crippen MR) is 82.7 cm³/mol. The molecule has 1 saturated heterocycles. The Balaban J connectivity index is 2.20. The van der Waals surface area contributed by atoms with E-state index in [4.69, 9.17) is 16.9 Å². The molecule has 1 N–H and O–H groups in total. The first-order valence-corrected chi connectivity index (χ1v) is 7.56. The topological polar surface area (TPSA) is 70.0 Å². The predicted octanol–water partition coefficient (Wildman–Crippen LogP) is 2.75. The normalized spacial score (nSPS) is 19.9. The van der Waals surface area contributed by atoms with Crippen molar-refractivity contribution in [3.05, 3.63) is 45.0 Å². The second-order valence-corrected chi connectivity index (χ2v) is 6.38. The standard InChI is InChI=1S/C15H13ClN2O2S/c1-8-3-4-10(5-12(8)16)6-13-14(20)18-15(21-13)11(7-17)9(2)19/h3-5,13H,6H2,1-2H3,(H,18,20)/b15-11-/t13-/m0/s1. The maximum atomic E-state index is 12.0. The molecule has 108 valence electrons. The van der Waals surface area contributed by atoms with Gasteiger partial charge in [0.05, 0.1) is 10.3 Å². The van der Waals surface area contributed by atoms with Crippen LogP contribution in [0.5, 0.6) is 0 Å². The third kappa shape index (κ3) is 3.46. The van der Waals surface area contributed by atoms with Crippen LogP contribution in [-0.4, -0.2) is 16.9 Å². The third-order valence-electron chi connectivity index (χ3n) is 3.14. The van der Waals surface area contributed by atoms with E-state index in [0.29, 0.717) is 16.5 Å². The number of halogens is 1. The summed E-state index contributed by atoms with van der Waals surface area (Å²) in [5.74, 6) is -0.542. The van der Waals surface area contributed by atoms with Gasteiger partial charge in [0.15, 0.2) is 5.78 Å². The van der Waals surface area contributed by atoms with E-state index in [0.717, 1.165) is 11.1 Å². The number of allylic oxidation sites excluding steroid dienone is 1. The van der Waals surface area contributed by atoms with E-state index < -0.39 is 0 Å². The van der Waals surface area contributed by atoms with E-state index in [1.807, 2.05) is 31.2 Å². The minimum absolute atomic E-state index is 0.00205. The van der Waals surface area contributed by atoms with Gasteiger partial charge in [-0.05, 0) is 37.5 Å². The summed E-state index contributed by atoms with van der Waals surface area (Å²) in [5, 5.41) is 12.2. The fraction of sp³-hybridized carbons (Fsp3) is 0.267. The summed E-state index contributed by atoms with van der Waals surface area (Å²) in [7, 11) is 0. The van der Waals surface area contributed by atoms with Crippen LogP contribution in [0.4, 0.5) is 0 Å². The van der Waals surface area contributed by atoms with Crippen LogP contribution < -0.4 is 5.32 Å². The molecule has 0 radical (unpaired) electrons. The fourth-order valence-corrected chi connectivity index (χ4v) is 3.34. The van der Waals surface area contributed by atoms with Gasteiger partial charge in [-0.3, -0.25) is 9.59 Å². The number of ketones is 1. The Morgan fingerprint density at radius 3 is 2.81 bits per heavy atom. The molecular weight excluding hydrogens is 308 g/mol. The zero-order valence-corrected chi connectivity index (χ0v) is 13.1. The van der Waals surface area contributed by atoms with Crippen LogP contribution in [0.15, 0.2) is 28.8 Å². The molecular formula is C15H13ClN2O2S. The van der Waals surface area contributed by atoms with Crippen LogP contribution in [0.2, 0.25) is 5.02 Å². The highest BCUT2D eigenvalue weighted by Crippen LogP contribution is 2.32. The fourth-order valence-electron chi connectivity index (χ4n) is 1.94. The molecule has 1 aliphatic heterocycles. The largest absolute Gasteiger partial charge is 0.318 e. The van der Waals surface area contributed by atoms with Crippen molar-refractivity contribution in [2.24, 2.45) is 0 Å². The Kier molecular flexibility index (Phi) is 4.71. The molecule has 1 atom stereocenters. The maximum absolute atomic E-state index is 12.0. The number of benzene rings is 1. The Bertz CT molecular complexity index is 691. The molecule has 0 aliphatic carbocycles. The first-order valence-electron chi connectivity index (χ1n) is 6.30. The third-order valence-corrected chi connectivity index (χ3v) is 4.75. The van der Waals surface area contributed by atoms with Gasteiger partial charge < -0.3 is 5.32 Å². The second kappa shape index (κ2) is 6.33. The lowest BCUT2D eigenvalue weighted by Gasteiger charge is -2.07. The van der Waals surface area contributed by atoms with Crippen molar-refractivity contribution in [3.8, 4) is 6.07 Å². The van der Waals surface area contributed by atoms with Crippen molar-refractivity contribution in [2.75, 3.05) is 0 Å². The summed E-state index contributed by atoms with van der Waals surface area (Å²) >= 11 is 7.29. The zero-order valence-electron chi connectivity index (χ0n) is 11.6. The maximum Gasteiger partial charge on any atom is 0.238 e. The first-order chi connectivity index (χ1) is 9.92. The summed E-state index contributed by atoms with van der Waals surface area (Å²) in [6.07, 6.45) is 0.497. The molecule has 2 rings (SSSR count). The molecule has 1 fully saturated rings. The van der Waals surface area contributed by atoms with Crippen molar-refractivity contribution in [1.29, 1.82) is 5.26 Å². The van der Waals surface area contributed by atoms with Gasteiger partial charge in [0.2, 0.25) is 5.91 Å². The molecule has 0 aromatic heterocycles. The Morgan fingerprint density at radius 2 is 2.24 bits per heavy atom. The van der Waals surface area contributed by atoms with E-state index in [9.17, 15) is 9.59 Å². The van der Waals surface area contributed by atoms with Gasteiger partial charge in [-0.15, -0.1) is 0 Å². The molecule has 0 saturated carbocycles. The van der Waals surface area contributed by atoms with E-state index >= 15 is 0 Å². The number of nitrogens with zero attached hydrogens (tertiary/aromatic N) is 1. The van der Waals surface area contributed by atoms with Gasteiger partial charge in [-0.2, -0.15) is 5.26 Å². The first kappa shape index (κ1) is 15.6. The number of Topliss-reactive ketones (excluding diaryl/α,β-unsaturated/α-hetero) is 1. The lowest BCUT2D eigenvalue weighted by molar-refractivity contribution is -0.119. The summed E-state index contributed by atoms with van der Waals surface area (Å²) in [5.41, 5.74) is 1.92. The number of amides is 1. The van der Waals surface area contributed by atoms with Gasteiger partial charge in [0, 0.05) is 5.02 Å². The number of nitriles is 1. The van der Waals surface area contributed by atoms with Gasteiger partial charge in [0.25, 0.3) is 0 Å². The molecule has 6 heteroatoms. The van der Waals surface area contributed by atoms with E-state index in [-0.39, 0.29) is 22.5 Å². The van der Waals surface area contributed by atoms with Crippen molar-refractivity contribution < 1.29 is 9.59 Å². The SMILES string of the molecule is CC(=O)/C(C#N)=C1/NC(=O)[C@H](Cc2ccc(C)c(Cl)c2)S1. The smallest absolute Gasteiger partial charge is 0.238 e. The average Bonchev–Trinajstić information content (AvgIpc) is 2.75. The number of hydrogen-bond donors (Lipinski definition) is 1. The molecule has 0 bridgehead atoms. The lowest BCUT2D eigenvalue weighted by Crippen LogP contribution is -2.24. The Hall–Kier alpha value is -1.77. The van der Waals surface area contributed by atoms with Gasteiger partial charge in [-0.1, -0.05) is 35.5 Å². The van der Waals surface area contributed by atoms with Gasteiger partial charge >= 0.3 is 0 Å². The van der Waals surface area contributed by atoms with E-state index in [1.165, 1.54) is 18.7 Å². The van der Waals surface area contributed by atoms with Crippen LogP contribution in [0.1, 0.15) is 18.1 Å². The Morgan fingerprint density at radius 1 is 1.52 bits per heavy atom. The molecule has 1 aromatic carbocycles. The number of thioether (sulfide) groups is 1. The number of carbonyl (C=O) groups excluding carboxylic acids is 2. The number of carbonyl (C=O) groups is 2. The highest BCUT2D eigenvalue weighted by Gasteiger charge is 2.32. The molecule has 1 amide bonds. The summed E-state index contributed by atoms with van der Waals surface area (Å²) < 4.78 is 0. The number of rotatable bonds is 3. The average molecular weight is 321 g/mol. The van der Waals surface area contributed by atoms with E-state index in [2.05, 4.69) is 5.32 Å². The number of nitrogens with one attached hydrogen (secondary N) is 1. The van der Waals surface area contributed by atoms with Gasteiger partial charge in [-0.25, -0.2) is 0 Å². The Labute approximate surface area is 132 Å². The molecule has 1 aromatic rings. The molecule has 21 heavy (non-hydrogen) atoms. The highest BCUT2D eigenvalue weighted by molar-refractivity contribution is 8.04. The monoisotopic (exact) mass is 320 g/mol. The van der Waals surface area contributed by atoms with Crippen molar-refractivity contribution in [3.63, 3.8) is 0 Å². The van der Waals surface area contributed by atoms with Crippen molar-refractivity contribution >= 4 is 35.1 Å². The minimum Gasteiger partial charge on any atom is -0.318 e. The number of hydrogen-bond acceptors (Lipinski definition) is 4. The van der Waals surface area contributed by atoms with E-state index in [1.54, 1.807) is 0 Å². The molecule has 0 unspecified atom stereocenters.